The maximum absolute atomic E-state index is 12.7. The second kappa shape index (κ2) is 8.03. The average Bonchev–Trinajstić information content (AvgIpc) is 3.12. The molecule has 2 aromatic carbocycles. The number of hydrogen-bond acceptors (Lipinski definition) is 5. The number of aromatic nitrogens is 1. The molecule has 7 nitrogen and oxygen atoms in total. The van der Waals surface area contributed by atoms with Gasteiger partial charge in [0.2, 0.25) is 0 Å². The Morgan fingerprint density at radius 3 is 2.62 bits per heavy atom. The first-order valence-corrected chi connectivity index (χ1v) is 9.83. The van der Waals surface area contributed by atoms with Crippen molar-refractivity contribution in [2.24, 2.45) is 0 Å². The van der Waals surface area contributed by atoms with E-state index in [1.807, 2.05) is 44.3 Å². The number of nitrogens with zero attached hydrogens (tertiary/aromatic N) is 3. The van der Waals surface area contributed by atoms with Crippen LogP contribution in [0.2, 0.25) is 0 Å². The van der Waals surface area contributed by atoms with E-state index in [0.29, 0.717) is 17.2 Å². The first-order chi connectivity index (χ1) is 14.0. The van der Waals surface area contributed by atoms with Crippen molar-refractivity contribution >= 4 is 28.5 Å². The Morgan fingerprint density at radius 2 is 1.93 bits per heavy atom. The van der Waals surface area contributed by atoms with Gasteiger partial charge in [0.05, 0.1) is 7.11 Å². The monoisotopic (exact) mass is 394 g/mol. The molecule has 0 spiro atoms. The van der Waals surface area contributed by atoms with Gasteiger partial charge in [0.15, 0.2) is 11.5 Å². The fraction of sp³-hybridized carbons (Fsp3) is 0.364. The summed E-state index contributed by atoms with van der Waals surface area (Å²) in [6.45, 7) is 3.64. The van der Waals surface area contributed by atoms with Crippen LogP contribution in [0.15, 0.2) is 46.9 Å². The Kier molecular flexibility index (Phi) is 5.29. The number of oxazole rings is 1. The quantitative estimate of drug-likeness (QED) is 0.715. The van der Waals surface area contributed by atoms with Gasteiger partial charge in [-0.15, -0.1) is 0 Å². The van der Waals surface area contributed by atoms with Crippen LogP contribution in [0.5, 0.6) is 5.75 Å². The van der Waals surface area contributed by atoms with E-state index in [4.69, 9.17) is 9.15 Å². The van der Waals surface area contributed by atoms with E-state index in [0.717, 1.165) is 37.2 Å². The molecule has 0 aliphatic carbocycles. The molecule has 1 fully saturated rings. The number of urea groups is 1. The summed E-state index contributed by atoms with van der Waals surface area (Å²) in [7, 11) is 3.53. The lowest BCUT2D eigenvalue weighted by atomic mass is 10.0. The van der Waals surface area contributed by atoms with Gasteiger partial charge in [-0.05, 0) is 49.2 Å². The van der Waals surface area contributed by atoms with Crippen LogP contribution in [-0.4, -0.2) is 49.2 Å². The van der Waals surface area contributed by atoms with Crippen LogP contribution in [0.3, 0.4) is 0 Å². The number of methoxy groups -OCH3 is 1. The van der Waals surface area contributed by atoms with E-state index in [1.54, 1.807) is 12.0 Å². The number of amides is 2. The summed E-state index contributed by atoms with van der Waals surface area (Å²) in [5.74, 6) is 1.47. The van der Waals surface area contributed by atoms with E-state index in [-0.39, 0.29) is 12.1 Å². The number of ether oxygens (including phenoxy) is 1. The van der Waals surface area contributed by atoms with Crippen LogP contribution >= 0.6 is 0 Å². The molecule has 0 atom stereocenters. The van der Waals surface area contributed by atoms with Gasteiger partial charge >= 0.3 is 6.03 Å². The highest BCUT2D eigenvalue weighted by molar-refractivity contribution is 5.91. The molecular formula is C22H26N4O3. The molecule has 0 bridgehead atoms. The third-order valence-electron chi connectivity index (χ3n) is 5.52. The molecule has 3 aromatic rings. The Labute approximate surface area is 170 Å². The van der Waals surface area contributed by atoms with E-state index < -0.39 is 0 Å². The van der Waals surface area contributed by atoms with Crippen LogP contribution in [0.4, 0.5) is 16.2 Å². The minimum Gasteiger partial charge on any atom is -0.497 e. The summed E-state index contributed by atoms with van der Waals surface area (Å²) < 4.78 is 10.8. The van der Waals surface area contributed by atoms with Crippen molar-refractivity contribution in [2.45, 2.75) is 25.8 Å². The van der Waals surface area contributed by atoms with Crippen molar-refractivity contribution in [3.8, 4) is 5.75 Å². The molecule has 152 valence electrons. The number of aryl methyl sites for hydroxylation is 1. The summed E-state index contributed by atoms with van der Waals surface area (Å²) in [6, 6.07) is 13.7. The number of benzene rings is 2. The molecule has 29 heavy (non-hydrogen) atoms. The SMILES string of the molecule is COc1ccc(N2CCC(N(C)C(=O)Nc3ccc4nc(C)oc4c3)CC2)cc1. The van der Waals surface area contributed by atoms with Crippen molar-refractivity contribution in [3.63, 3.8) is 0 Å². The van der Waals surface area contributed by atoms with Gasteiger partial charge < -0.3 is 24.3 Å². The van der Waals surface area contributed by atoms with Gasteiger partial charge in [-0.2, -0.15) is 0 Å². The maximum Gasteiger partial charge on any atom is 0.321 e. The first kappa shape index (κ1) is 19.1. The number of hydrogen-bond donors (Lipinski definition) is 1. The maximum atomic E-state index is 12.7. The van der Waals surface area contributed by atoms with Crippen LogP contribution in [0, 0.1) is 6.92 Å². The van der Waals surface area contributed by atoms with Crippen LogP contribution < -0.4 is 15.0 Å². The molecule has 7 heteroatoms. The summed E-state index contributed by atoms with van der Waals surface area (Å²) in [6.07, 6.45) is 1.85. The van der Waals surface area contributed by atoms with Gasteiger partial charge in [0, 0.05) is 50.5 Å². The van der Waals surface area contributed by atoms with E-state index in [2.05, 4.69) is 27.3 Å². The fourth-order valence-corrected chi connectivity index (χ4v) is 3.80. The molecule has 1 saturated heterocycles. The van der Waals surface area contributed by atoms with Crippen LogP contribution in [0.1, 0.15) is 18.7 Å². The van der Waals surface area contributed by atoms with Crippen LogP contribution in [0.25, 0.3) is 11.1 Å². The van der Waals surface area contributed by atoms with Crippen molar-refractivity contribution in [3.05, 3.63) is 48.4 Å². The van der Waals surface area contributed by atoms with E-state index in [1.165, 1.54) is 5.69 Å². The summed E-state index contributed by atoms with van der Waals surface area (Å²) in [5, 5.41) is 2.97. The molecule has 2 amide bonds. The number of piperidine rings is 1. The second-order valence-electron chi connectivity index (χ2n) is 7.37. The molecule has 1 N–H and O–H groups in total. The van der Waals surface area contributed by atoms with Gasteiger partial charge in [-0.1, -0.05) is 0 Å². The molecule has 1 aromatic heterocycles. The number of rotatable bonds is 4. The average molecular weight is 394 g/mol. The highest BCUT2D eigenvalue weighted by Crippen LogP contribution is 2.25. The predicted molar refractivity (Wildman–Crippen MR) is 114 cm³/mol. The number of nitrogens with one attached hydrogen (secondary N) is 1. The topological polar surface area (TPSA) is 70.8 Å². The molecule has 0 unspecified atom stereocenters. The lowest BCUT2D eigenvalue weighted by Crippen LogP contribution is -2.47. The van der Waals surface area contributed by atoms with Gasteiger partial charge in [-0.25, -0.2) is 9.78 Å². The molecular weight excluding hydrogens is 368 g/mol. The fourth-order valence-electron chi connectivity index (χ4n) is 3.80. The zero-order valence-electron chi connectivity index (χ0n) is 17.0. The normalized spacial score (nSPS) is 14.8. The first-order valence-electron chi connectivity index (χ1n) is 9.83. The second-order valence-corrected chi connectivity index (χ2v) is 7.37. The Morgan fingerprint density at radius 1 is 1.21 bits per heavy atom. The molecule has 2 heterocycles. The van der Waals surface area contributed by atoms with Crippen molar-refractivity contribution in [1.29, 1.82) is 0 Å². The third-order valence-corrected chi connectivity index (χ3v) is 5.52. The molecule has 0 radical (unpaired) electrons. The number of carbonyl (C=O) groups is 1. The Hall–Kier alpha value is -3.22. The minimum absolute atomic E-state index is 0.108. The molecule has 1 aliphatic rings. The molecule has 1 aliphatic heterocycles. The van der Waals surface area contributed by atoms with Gasteiger partial charge in [0.25, 0.3) is 0 Å². The van der Waals surface area contributed by atoms with Crippen LogP contribution in [-0.2, 0) is 0 Å². The Bertz CT molecular complexity index is 991. The minimum atomic E-state index is -0.108. The lowest BCUT2D eigenvalue weighted by Gasteiger charge is -2.37. The highest BCUT2D eigenvalue weighted by Gasteiger charge is 2.25. The van der Waals surface area contributed by atoms with E-state index in [9.17, 15) is 4.79 Å². The standard InChI is InChI=1S/C22H26N4O3/c1-15-23-20-9-4-16(14-21(20)29-15)24-22(27)25(2)17-10-12-26(13-11-17)18-5-7-19(28-3)8-6-18/h4-9,14,17H,10-13H2,1-3H3,(H,24,27). The van der Waals surface area contributed by atoms with Gasteiger partial charge in [0.1, 0.15) is 11.3 Å². The van der Waals surface area contributed by atoms with Crippen molar-refractivity contribution in [1.82, 2.24) is 9.88 Å². The smallest absolute Gasteiger partial charge is 0.321 e. The Balaban J connectivity index is 1.34. The van der Waals surface area contributed by atoms with Gasteiger partial charge in [-0.3, -0.25) is 0 Å². The zero-order valence-corrected chi connectivity index (χ0v) is 17.0. The van der Waals surface area contributed by atoms with Crippen molar-refractivity contribution < 1.29 is 13.9 Å². The molecule has 0 saturated carbocycles. The summed E-state index contributed by atoms with van der Waals surface area (Å²) in [4.78, 5) is 21.2. The largest absolute Gasteiger partial charge is 0.497 e. The summed E-state index contributed by atoms with van der Waals surface area (Å²) >= 11 is 0. The summed E-state index contributed by atoms with van der Waals surface area (Å²) in [5.41, 5.74) is 3.36. The number of carbonyl (C=O) groups excluding carboxylic acids is 1. The third kappa shape index (κ3) is 4.13. The molecule has 4 rings (SSSR count). The predicted octanol–water partition coefficient (Wildman–Crippen LogP) is 4.28. The number of anilines is 2. The van der Waals surface area contributed by atoms with E-state index >= 15 is 0 Å². The highest BCUT2D eigenvalue weighted by atomic mass is 16.5. The zero-order chi connectivity index (χ0) is 20.4. The van der Waals surface area contributed by atoms with Crippen molar-refractivity contribution in [2.75, 3.05) is 37.5 Å². The lowest BCUT2D eigenvalue weighted by molar-refractivity contribution is 0.193. The number of fused-ring (bicyclic) bond motifs is 1.